The van der Waals surface area contributed by atoms with Crippen LogP contribution in [0.4, 0.5) is 0 Å². The van der Waals surface area contributed by atoms with Crippen LogP contribution in [0.25, 0.3) is 0 Å². The highest BCUT2D eigenvalue weighted by Gasteiger charge is 1.94. The Labute approximate surface area is 77.4 Å². The molecule has 0 aliphatic carbocycles. The predicted molar refractivity (Wildman–Crippen MR) is 43.8 cm³/mol. The zero-order valence-corrected chi connectivity index (χ0v) is 5.10. The molecule has 0 amide bonds. The standard InChI is InChI=1S/C9H13N/c1-8(10)7-9-5-3-2-4-6-9/h2-6,8H,7,10H2,1H3/i1D3,2D,3D,5D,7D2,8D/hD2. The van der Waals surface area contributed by atoms with E-state index in [4.69, 9.17) is 15.2 Å². The summed E-state index contributed by atoms with van der Waals surface area (Å²) in [6.45, 7) is -3.35. The Balaban J connectivity index is 3.63. The van der Waals surface area contributed by atoms with Crippen molar-refractivity contribution >= 4 is 0 Å². The van der Waals surface area contributed by atoms with E-state index in [-0.39, 0.29) is 6.04 Å². The summed E-state index contributed by atoms with van der Waals surface area (Å²) < 4.78 is 82.1. The summed E-state index contributed by atoms with van der Waals surface area (Å²) in [5, 5.41) is 0. The molecule has 0 fully saturated rings. The lowest BCUT2D eigenvalue weighted by atomic mass is 10.1. The third-order valence-electron chi connectivity index (χ3n) is 0.856. The first-order chi connectivity index (χ1) is 9.28. The Bertz CT molecular complexity index is 537. The predicted octanol–water partition coefficient (Wildman–Crippen LogP) is 1.58. The molecule has 1 aromatic carbocycles. The van der Waals surface area contributed by atoms with Gasteiger partial charge in [-0.2, -0.15) is 0 Å². The van der Waals surface area contributed by atoms with Gasteiger partial charge in [-0.25, -0.2) is 0 Å². The summed E-state index contributed by atoms with van der Waals surface area (Å²) in [4.78, 5) is 0. The van der Waals surface area contributed by atoms with Crippen LogP contribution < -0.4 is 5.72 Å². The van der Waals surface area contributed by atoms with Crippen molar-refractivity contribution in [3.63, 3.8) is 0 Å². The molecule has 0 aliphatic rings. The van der Waals surface area contributed by atoms with E-state index in [1.807, 2.05) is 0 Å². The van der Waals surface area contributed by atoms with Crippen LogP contribution in [0.5, 0.6) is 0 Å². The maximum Gasteiger partial charge on any atom is 0.119 e. The van der Waals surface area contributed by atoms with Gasteiger partial charge >= 0.3 is 0 Å². The molecular weight excluding hydrogens is 122 g/mol. The zero-order chi connectivity index (χ0) is 16.8. The van der Waals surface area contributed by atoms with E-state index in [2.05, 4.69) is 0 Å². The van der Waals surface area contributed by atoms with Gasteiger partial charge in [-0.05, 0) is 18.8 Å². The zero-order valence-electron chi connectivity index (χ0n) is 16.1. The highest BCUT2D eigenvalue weighted by Crippen LogP contribution is 2.00. The topological polar surface area (TPSA) is 26.0 Å². The van der Waals surface area contributed by atoms with Gasteiger partial charge < -0.3 is 5.72 Å². The molecular formula is C9H13N. The molecule has 0 bridgehead atoms. The Morgan fingerprint density at radius 1 is 2.10 bits per heavy atom. The molecule has 1 heteroatoms. The molecule has 1 atom stereocenters. The van der Waals surface area contributed by atoms with E-state index in [1.165, 1.54) is 0 Å². The number of hydrogen-bond acceptors (Lipinski definition) is 1. The lowest BCUT2D eigenvalue weighted by Crippen LogP contribution is -2.17. The highest BCUT2D eigenvalue weighted by atomic mass is 14.6. The average Bonchev–Trinajstić information content (AvgIpc) is 2.32. The first-order valence-electron chi connectivity index (χ1n) is 8.03. The van der Waals surface area contributed by atoms with Crippen LogP contribution >= 0.6 is 0 Å². The maximum atomic E-state index is 7.89. The quantitative estimate of drug-likeness (QED) is 0.688. The van der Waals surface area contributed by atoms with Crippen molar-refractivity contribution in [2.75, 3.05) is 0 Å². The van der Waals surface area contributed by atoms with E-state index in [1.54, 1.807) is 0 Å². The molecule has 0 saturated heterocycles. The van der Waals surface area contributed by atoms with Crippen molar-refractivity contribution in [2.45, 2.75) is 19.2 Å². The van der Waals surface area contributed by atoms with Gasteiger partial charge in [-0.1, -0.05) is 30.3 Å². The number of hydrogen-bond donors (Lipinski definition) is 1. The van der Waals surface area contributed by atoms with Crippen LogP contribution in [0.2, 0.25) is 2.82 Å². The minimum absolute atomic E-state index is 0.349. The first-order valence-corrected chi connectivity index (χ1v) is 2.63. The molecule has 2 N–H and O–H groups in total. The monoisotopic (exact) mass is 146 g/mol. The van der Waals surface area contributed by atoms with E-state index in [0.29, 0.717) is 0 Å². The van der Waals surface area contributed by atoms with Gasteiger partial charge in [0, 0.05) is 14.2 Å². The van der Waals surface area contributed by atoms with Crippen molar-refractivity contribution in [3.8, 4) is 0 Å². The summed E-state index contributed by atoms with van der Waals surface area (Å²) in [7, 11) is 0. The summed E-state index contributed by atoms with van der Waals surface area (Å²) in [5.74, 6) is 0. The Morgan fingerprint density at radius 3 is 3.90 bits per heavy atom. The molecule has 0 aromatic heterocycles. The van der Waals surface area contributed by atoms with Crippen molar-refractivity contribution < 1.29 is 15.2 Å². The molecule has 0 radical (unpaired) electrons. The second kappa shape index (κ2) is 3.37. The molecule has 10 heavy (non-hydrogen) atoms. The summed E-state index contributed by atoms with van der Waals surface area (Å²) in [6.07, 6.45) is -3.11. The van der Waals surface area contributed by atoms with Crippen LogP contribution in [0.3, 0.4) is 0 Å². The second-order valence-corrected chi connectivity index (χ2v) is 1.61. The van der Waals surface area contributed by atoms with Gasteiger partial charge in [0.2, 0.25) is 0 Å². The highest BCUT2D eigenvalue weighted by molar-refractivity contribution is 5.15. The third kappa shape index (κ3) is 2.19. The van der Waals surface area contributed by atoms with Crippen LogP contribution in [0, 0.1) is 0 Å². The van der Waals surface area contributed by atoms with Gasteiger partial charge in [0.05, 0.1) is 4.11 Å². The molecule has 0 spiro atoms. The van der Waals surface area contributed by atoms with Gasteiger partial charge in [0.1, 0.15) is 2.82 Å². The first kappa shape index (κ1) is 1.51. The molecule has 0 saturated carbocycles. The van der Waals surface area contributed by atoms with E-state index in [9.17, 15) is 0 Å². The summed E-state index contributed by atoms with van der Waals surface area (Å²) >= 11 is 0. The second-order valence-electron chi connectivity index (χ2n) is 1.61. The Morgan fingerprint density at radius 2 is 3.10 bits per heavy atom. The van der Waals surface area contributed by atoms with Gasteiger partial charge in [0.15, 0.2) is 0 Å². The minimum atomic E-state index is -3.35. The Kier molecular flexibility index (Phi) is 0.509. The smallest absolute Gasteiger partial charge is 0.119 e. The Hall–Kier alpha value is -0.820. The van der Waals surface area contributed by atoms with Crippen molar-refractivity contribution in [3.05, 3.63) is 35.8 Å². The van der Waals surface area contributed by atoms with E-state index < -0.39 is 42.6 Å². The number of nitrogens with two attached hydrogens (primary N) is 1. The fourth-order valence-electron chi connectivity index (χ4n) is 0.512. The largest absolute Gasteiger partial charge is 0.328 e. The minimum Gasteiger partial charge on any atom is -0.328 e. The van der Waals surface area contributed by atoms with Gasteiger partial charge in [-0.15, -0.1) is 0 Å². The molecule has 1 rings (SSSR count). The van der Waals surface area contributed by atoms with E-state index in [0.717, 1.165) is 12.1 Å². The number of rotatable bonds is 3. The average molecular weight is 146 g/mol. The van der Waals surface area contributed by atoms with Crippen molar-refractivity contribution in [2.24, 2.45) is 5.72 Å². The molecule has 0 heterocycles. The lowest BCUT2D eigenvalue weighted by Gasteiger charge is -2.02. The van der Waals surface area contributed by atoms with Crippen LogP contribution in [-0.4, -0.2) is 6.02 Å². The molecule has 1 unspecified atom stereocenters. The fraction of sp³-hybridized carbons (Fsp3) is 0.333. The molecule has 0 aliphatic heterocycles. The van der Waals surface area contributed by atoms with Crippen LogP contribution in [0.1, 0.15) is 24.8 Å². The third-order valence-corrected chi connectivity index (χ3v) is 0.856. The summed E-state index contributed by atoms with van der Waals surface area (Å²) in [6, 6.07) is -3.07. The van der Waals surface area contributed by atoms with Gasteiger partial charge in [-0.3, -0.25) is 0 Å². The lowest BCUT2D eigenvalue weighted by molar-refractivity contribution is 0.738. The van der Waals surface area contributed by atoms with Crippen molar-refractivity contribution in [1.82, 2.24) is 0 Å². The summed E-state index contributed by atoms with van der Waals surface area (Å²) in [5.41, 5.74) is -1.18. The normalized spacial score (nSPS) is 35.1. The van der Waals surface area contributed by atoms with E-state index >= 15 is 0 Å². The SMILES string of the molecule is [2H]c1ccc(C([2H])([2H])C([2H])(N([2H])[2H])C([2H])([2H])[2H])c([2H])c1[2H]. The van der Waals surface area contributed by atoms with Crippen LogP contribution in [-0.2, 0) is 6.37 Å². The molecule has 54 valence electrons. The van der Waals surface area contributed by atoms with Crippen LogP contribution in [0.15, 0.2) is 30.3 Å². The maximum absolute atomic E-state index is 7.89. The molecule has 1 aromatic rings. The van der Waals surface area contributed by atoms with Gasteiger partial charge in [0.25, 0.3) is 0 Å². The fourth-order valence-corrected chi connectivity index (χ4v) is 0.512. The number of benzene rings is 1. The van der Waals surface area contributed by atoms with Crippen molar-refractivity contribution in [1.29, 1.82) is 0 Å². The molecule has 1 nitrogen and oxygen atoms in total.